The van der Waals surface area contributed by atoms with E-state index in [2.05, 4.69) is 13.8 Å². The third-order valence-electron chi connectivity index (χ3n) is 3.77. The van der Waals surface area contributed by atoms with E-state index in [-0.39, 0.29) is 0 Å². The van der Waals surface area contributed by atoms with Crippen LogP contribution in [0, 0.1) is 11.3 Å². The highest BCUT2D eigenvalue weighted by Crippen LogP contribution is 2.25. The van der Waals surface area contributed by atoms with E-state index >= 15 is 0 Å². The topological polar surface area (TPSA) is 35.2 Å². The van der Waals surface area contributed by atoms with Crippen molar-refractivity contribution in [2.24, 2.45) is 17.1 Å². The van der Waals surface area contributed by atoms with Gasteiger partial charge in [-0.05, 0) is 43.6 Å². The molecule has 2 nitrogen and oxygen atoms in total. The fourth-order valence-electron chi connectivity index (χ4n) is 2.34. The molecule has 0 aromatic heterocycles. The second kappa shape index (κ2) is 7.29. The van der Waals surface area contributed by atoms with Gasteiger partial charge in [0.15, 0.2) is 0 Å². The molecule has 0 aromatic rings. The Morgan fingerprint density at radius 1 is 1.19 bits per heavy atom. The summed E-state index contributed by atoms with van der Waals surface area (Å²) in [6, 6.07) is 0. The fraction of sp³-hybridized carbons (Fsp3) is 1.00. The molecule has 0 amide bonds. The van der Waals surface area contributed by atoms with Crippen molar-refractivity contribution in [3.8, 4) is 0 Å². The summed E-state index contributed by atoms with van der Waals surface area (Å²) >= 11 is 0. The molecule has 1 saturated carbocycles. The second-order valence-electron chi connectivity index (χ2n) is 6.05. The zero-order valence-electron chi connectivity index (χ0n) is 11.1. The van der Waals surface area contributed by atoms with Crippen molar-refractivity contribution >= 4 is 0 Å². The van der Waals surface area contributed by atoms with Crippen LogP contribution in [0.25, 0.3) is 0 Å². The molecule has 0 saturated heterocycles. The van der Waals surface area contributed by atoms with Crippen LogP contribution in [0.15, 0.2) is 0 Å². The van der Waals surface area contributed by atoms with Gasteiger partial charge in [0.1, 0.15) is 0 Å². The third kappa shape index (κ3) is 5.86. The Hall–Kier alpha value is -0.0800. The summed E-state index contributed by atoms with van der Waals surface area (Å²) in [5, 5.41) is 0. The molecule has 96 valence electrons. The lowest BCUT2D eigenvalue weighted by molar-refractivity contribution is 0.0961. The first-order chi connectivity index (χ1) is 7.64. The van der Waals surface area contributed by atoms with Gasteiger partial charge in [0.2, 0.25) is 0 Å². The monoisotopic (exact) mass is 227 g/mol. The van der Waals surface area contributed by atoms with Crippen LogP contribution in [-0.2, 0) is 4.74 Å². The number of unbranched alkanes of at least 4 members (excludes halogenated alkanes) is 1. The maximum atomic E-state index is 5.73. The van der Waals surface area contributed by atoms with Crippen LogP contribution in [0.1, 0.15) is 58.8 Å². The van der Waals surface area contributed by atoms with Gasteiger partial charge >= 0.3 is 0 Å². The second-order valence-corrected chi connectivity index (χ2v) is 6.05. The summed E-state index contributed by atoms with van der Waals surface area (Å²) in [4.78, 5) is 0. The van der Waals surface area contributed by atoms with Crippen LogP contribution in [0.3, 0.4) is 0 Å². The van der Waals surface area contributed by atoms with Gasteiger partial charge in [0, 0.05) is 13.2 Å². The lowest BCUT2D eigenvalue weighted by atomic mass is 9.87. The highest BCUT2D eigenvalue weighted by atomic mass is 16.5. The Kier molecular flexibility index (Phi) is 6.37. The highest BCUT2D eigenvalue weighted by molar-refractivity contribution is 4.69. The summed E-state index contributed by atoms with van der Waals surface area (Å²) in [5.41, 5.74) is 6.01. The molecule has 0 spiro atoms. The summed E-state index contributed by atoms with van der Waals surface area (Å²) in [6.45, 7) is 7.21. The number of hydrogen-bond donors (Lipinski definition) is 1. The SMILES string of the molecule is CC(C)(CN)CCCCOCC1CCCC1. The number of nitrogens with two attached hydrogens (primary N) is 1. The van der Waals surface area contributed by atoms with Crippen LogP contribution in [-0.4, -0.2) is 19.8 Å². The van der Waals surface area contributed by atoms with Crippen molar-refractivity contribution in [1.29, 1.82) is 0 Å². The molecule has 0 radical (unpaired) electrons. The summed E-state index contributed by atoms with van der Waals surface area (Å²) < 4.78 is 5.73. The van der Waals surface area contributed by atoms with Crippen LogP contribution in [0.4, 0.5) is 0 Å². The first kappa shape index (κ1) is 14.0. The van der Waals surface area contributed by atoms with E-state index in [1.807, 2.05) is 0 Å². The molecule has 0 atom stereocenters. The molecule has 16 heavy (non-hydrogen) atoms. The number of rotatable bonds is 8. The maximum Gasteiger partial charge on any atom is 0.0494 e. The van der Waals surface area contributed by atoms with Gasteiger partial charge in [-0.2, -0.15) is 0 Å². The van der Waals surface area contributed by atoms with Crippen LogP contribution in [0.2, 0.25) is 0 Å². The maximum absolute atomic E-state index is 5.73. The highest BCUT2D eigenvalue weighted by Gasteiger charge is 2.15. The molecule has 0 aliphatic heterocycles. The molecule has 0 bridgehead atoms. The predicted octanol–water partition coefficient (Wildman–Crippen LogP) is 3.35. The Bertz CT molecular complexity index is 174. The van der Waals surface area contributed by atoms with Crippen molar-refractivity contribution in [1.82, 2.24) is 0 Å². The minimum absolute atomic E-state index is 0.311. The lowest BCUT2D eigenvalue weighted by Gasteiger charge is -2.21. The van der Waals surface area contributed by atoms with E-state index < -0.39 is 0 Å². The van der Waals surface area contributed by atoms with Crippen molar-refractivity contribution in [3.63, 3.8) is 0 Å². The first-order valence-electron chi connectivity index (χ1n) is 6.92. The van der Waals surface area contributed by atoms with Gasteiger partial charge in [0.05, 0.1) is 0 Å². The van der Waals surface area contributed by atoms with E-state index in [4.69, 9.17) is 10.5 Å². The zero-order chi connectivity index (χ0) is 11.9. The Labute approximate surface area is 101 Å². The van der Waals surface area contributed by atoms with E-state index in [0.29, 0.717) is 5.41 Å². The quantitative estimate of drug-likeness (QED) is 0.645. The molecule has 1 aliphatic rings. The van der Waals surface area contributed by atoms with Gasteiger partial charge in [-0.15, -0.1) is 0 Å². The molecule has 2 heteroatoms. The summed E-state index contributed by atoms with van der Waals surface area (Å²) in [7, 11) is 0. The summed E-state index contributed by atoms with van der Waals surface area (Å²) in [6.07, 6.45) is 9.26. The van der Waals surface area contributed by atoms with Gasteiger partial charge in [-0.3, -0.25) is 0 Å². The smallest absolute Gasteiger partial charge is 0.0494 e. The molecule has 2 N–H and O–H groups in total. The van der Waals surface area contributed by atoms with Gasteiger partial charge in [-0.25, -0.2) is 0 Å². The van der Waals surface area contributed by atoms with E-state index in [9.17, 15) is 0 Å². The molecule has 1 aliphatic carbocycles. The van der Waals surface area contributed by atoms with E-state index in [1.165, 1.54) is 44.9 Å². The molecule has 0 aromatic carbocycles. The standard InChI is InChI=1S/C14H29NO/c1-14(2,12-15)9-5-6-10-16-11-13-7-3-4-8-13/h13H,3-12,15H2,1-2H3. The molecular weight excluding hydrogens is 198 g/mol. The van der Waals surface area contributed by atoms with E-state index in [1.54, 1.807) is 0 Å². The number of ether oxygens (including phenoxy) is 1. The Balaban J connectivity index is 1.88. The van der Waals surface area contributed by atoms with Crippen LogP contribution >= 0.6 is 0 Å². The molecule has 0 heterocycles. The summed E-state index contributed by atoms with van der Waals surface area (Å²) in [5.74, 6) is 0.862. The van der Waals surface area contributed by atoms with Gasteiger partial charge < -0.3 is 10.5 Å². The predicted molar refractivity (Wildman–Crippen MR) is 69.5 cm³/mol. The van der Waals surface area contributed by atoms with Crippen LogP contribution in [0.5, 0.6) is 0 Å². The van der Waals surface area contributed by atoms with Crippen molar-refractivity contribution in [3.05, 3.63) is 0 Å². The van der Waals surface area contributed by atoms with E-state index in [0.717, 1.165) is 25.7 Å². The molecule has 1 rings (SSSR count). The van der Waals surface area contributed by atoms with Gasteiger partial charge in [0.25, 0.3) is 0 Å². The molecule has 1 fully saturated rings. The Morgan fingerprint density at radius 3 is 2.50 bits per heavy atom. The van der Waals surface area contributed by atoms with Gasteiger partial charge in [-0.1, -0.05) is 33.1 Å². The average Bonchev–Trinajstić information content (AvgIpc) is 2.76. The Morgan fingerprint density at radius 2 is 1.88 bits per heavy atom. The van der Waals surface area contributed by atoms with Crippen molar-refractivity contribution < 1.29 is 4.74 Å². The normalized spacial score (nSPS) is 18.2. The van der Waals surface area contributed by atoms with Crippen molar-refractivity contribution in [2.75, 3.05) is 19.8 Å². The van der Waals surface area contributed by atoms with Crippen molar-refractivity contribution in [2.45, 2.75) is 58.8 Å². The third-order valence-corrected chi connectivity index (χ3v) is 3.77. The van der Waals surface area contributed by atoms with Crippen LogP contribution < -0.4 is 5.73 Å². The average molecular weight is 227 g/mol. The lowest BCUT2D eigenvalue weighted by Crippen LogP contribution is -2.23. The minimum atomic E-state index is 0.311. The minimum Gasteiger partial charge on any atom is -0.381 e. The largest absolute Gasteiger partial charge is 0.381 e. The zero-order valence-corrected chi connectivity index (χ0v) is 11.1. The first-order valence-corrected chi connectivity index (χ1v) is 6.92. The molecule has 0 unspecified atom stereocenters. The fourth-order valence-corrected chi connectivity index (χ4v) is 2.34. The molecular formula is C14H29NO. The number of hydrogen-bond acceptors (Lipinski definition) is 2.